The normalized spacial score (nSPS) is 10.0. The van der Waals surface area contributed by atoms with Gasteiger partial charge in [-0.3, -0.25) is 0 Å². The summed E-state index contributed by atoms with van der Waals surface area (Å²) in [5, 5.41) is 0. The van der Waals surface area contributed by atoms with E-state index < -0.39 is 0 Å². The van der Waals surface area contributed by atoms with Crippen LogP contribution in [0, 0.1) is 56.3 Å². The van der Waals surface area contributed by atoms with Crippen LogP contribution in [-0.2, 0) is 0 Å². The molecule has 0 rings (SSSR count). The number of rotatable bonds is 3. The molecule has 0 amide bonds. The van der Waals surface area contributed by atoms with Gasteiger partial charge in [0.15, 0.2) is 0 Å². The van der Waals surface area contributed by atoms with Gasteiger partial charge >= 0.3 is 31.1 Å². The summed E-state index contributed by atoms with van der Waals surface area (Å²) in [6.45, 7) is 18.5. The van der Waals surface area contributed by atoms with Crippen LogP contribution in [0.5, 0.6) is 0 Å². The molecule has 0 N–H and O–H groups in total. The van der Waals surface area contributed by atoms with Crippen molar-refractivity contribution < 1.29 is 31.1 Å². The molecule has 0 aliphatic rings. The molecular weight excluding hydrogens is 370 g/mol. The van der Waals surface area contributed by atoms with Crippen LogP contribution in [0.4, 0.5) is 0 Å². The van der Waals surface area contributed by atoms with Crippen molar-refractivity contribution >= 4 is 0 Å². The van der Waals surface area contributed by atoms with Gasteiger partial charge in [-0.05, 0) is 5.92 Å². The minimum Gasteiger partial charge on any atom is -0.343 e. The van der Waals surface area contributed by atoms with Gasteiger partial charge in [0.05, 0.1) is 0 Å². The van der Waals surface area contributed by atoms with Gasteiger partial charge in [-0.2, -0.15) is 12.8 Å². The van der Waals surface area contributed by atoms with E-state index >= 15 is 0 Å². The van der Waals surface area contributed by atoms with Crippen LogP contribution in [0.25, 0.3) is 0 Å². The molecule has 0 aromatic carbocycles. The summed E-state index contributed by atoms with van der Waals surface area (Å²) in [7, 11) is 0. The van der Waals surface area contributed by atoms with Crippen molar-refractivity contribution in [3.63, 3.8) is 0 Å². The van der Waals surface area contributed by atoms with E-state index in [0.717, 1.165) is 12.8 Å². The maximum atomic E-state index is 3.91. The second kappa shape index (κ2) is 10.1. The average molecular weight is 394 g/mol. The van der Waals surface area contributed by atoms with Gasteiger partial charge in [-0.15, -0.1) is 0 Å². The number of hydrogen-bond acceptors (Lipinski definition) is 0. The Bertz CT molecular complexity index is 73.1. The largest absolute Gasteiger partial charge is 2.00 e. The van der Waals surface area contributed by atoms with Crippen LogP contribution < -0.4 is 0 Å². The van der Waals surface area contributed by atoms with Gasteiger partial charge in [0, 0.05) is 0 Å². The van der Waals surface area contributed by atoms with Crippen molar-refractivity contribution in [2.24, 2.45) is 11.3 Å². The Balaban J connectivity index is -0.000000249. The Hall–Kier alpha value is 1.05. The van der Waals surface area contributed by atoms with Crippen molar-refractivity contribution in [1.29, 1.82) is 0 Å². The van der Waals surface area contributed by atoms with E-state index in [0.29, 0.717) is 11.3 Å². The van der Waals surface area contributed by atoms with E-state index in [1.807, 2.05) is 13.8 Å². The molecule has 0 heterocycles. The number of hydrogen-bond donors (Lipinski definition) is 0. The maximum Gasteiger partial charge on any atom is 2.00 e. The van der Waals surface area contributed by atoms with Gasteiger partial charge in [0.1, 0.15) is 0 Å². The predicted molar refractivity (Wildman–Crippen MR) is 54.2 cm³/mol. The third kappa shape index (κ3) is 6.56. The fraction of sp³-hybridized carbons (Fsp3) is 0.818. The van der Waals surface area contributed by atoms with E-state index in [1.54, 1.807) is 0 Å². The molecule has 1 heteroatoms. The first-order valence-corrected chi connectivity index (χ1v) is 4.65. The van der Waals surface area contributed by atoms with Gasteiger partial charge < -0.3 is 13.8 Å². The van der Waals surface area contributed by atoms with Crippen molar-refractivity contribution in [3.05, 3.63) is 13.8 Å². The third-order valence-corrected chi connectivity index (χ3v) is 2.54. The first-order valence-electron chi connectivity index (χ1n) is 4.65. The molecule has 0 saturated carbocycles. The molecule has 0 aliphatic heterocycles. The van der Waals surface area contributed by atoms with Gasteiger partial charge in [-0.1, -0.05) is 40.0 Å². The zero-order valence-electron chi connectivity index (χ0n) is 9.41. The second-order valence-corrected chi connectivity index (χ2v) is 3.31. The summed E-state index contributed by atoms with van der Waals surface area (Å²) in [4.78, 5) is 0. The predicted octanol–water partition coefficient (Wildman–Crippen LogP) is 4.12. The summed E-state index contributed by atoms with van der Waals surface area (Å²) in [6, 6.07) is 0. The first kappa shape index (κ1) is 18.8. The minimum absolute atomic E-state index is 0. The van der Waals surface area contributed by atoms with Gasteiger partial charge in [0.2, 0.25) is 0 Å². The molecule has 0 fully saturated rings. The maximum absolute atomic E-state index is 3.91. The molecule has 72 valence electrons. The second-order valence-electron chi connectivity index (χ2n) is 3.31. The Morgan fingerprint density at radius 2 is 1.33 bits per heavy atom. The standard InChI is InChI=1S/C9H18.C2H6.U/c1-6-9(5,7-2)8(3)4;1-2;/h8H,1-2,6-7H2,3-5H3;1-2H3;/q-2;;+2. The van der Waals surface area contributed by atoms with Crippen LogP contribution in [0.15, 0.2) is 0 Å². The molecule has 0 aromatic rings. The third-order valence-electron chi connectivity index (χ3n) is 2.54. The van der Waals surface area contributed by atoms with Crippen LogP contribution in [0.3, 0.4) is 0 Å². The zero-order valence-corrected chi connectivity index (χ0v) is 13.6. The summed E-state index contributed by atoms with van der Waals surface area (Å²) < 4.78 is 0. The van der Waals surface area contributed by atoms with Crippen molar-refractivity contribution in [1.82, 2.24) is 0 Å². The van der Waals surface area contributed by atoms with Crippen molar-refractivity contribution in [3.8, 4) is 0 Å². The van der Waals surface area contributed by atoms with E-state index in [2.05, 4.69) is 34.6 Å². The molecule has 0 saturated heterocycles. The van der Waals surface area contributed by atoms with Gasteiger partial charge in [-0.25, -0.2) is 0 Å². The molecule has 0 spiro atoms. The van der Waals surface area contributed by atoms with Crippen LogP contribution in [0.1, 0.15) is 47.5 Å². The molecule has 0 aromatic heterocycles. The molecule has 0 nitrogen and oxygen atoms in total. The Morgan fingerprint density at radius 1 is 1.08 bits per heavy atom. The zero-order chi connectivity index (χ0) is 9.49. The summed E-state index contributed by atoms with van der Waals surface area (Å²) in [5.41, 5.74) is 0.361. The van der Waals surface area contributed by atoms with E-state index in [9.17, 15) is 0 Å². The Morgan fingerprint density at radius 3 is 1.33 bits per heavy atom. The fourth-order valence-electron chi connectivity index (χ4n) is 0.702. The molecule has 0 aliphatic carbocycles. The smallest absolute Gasteiger partial charge is 0.343 e. The van der Waals surface area contributed by atoms with Crippen LogP contribution in [-0.4, -0.2) is 0 Å². The van der Waals surface area contributed by atoms with Crippen LogP contribution >= 0.6 is 0 Å². The minimum atomic E-state index is 0. The molecular formula is C11H24U. The van der Waals surface area contributed by atoms with E-state index in [1.165, 1.54) is 0 Å². The van der Waals surface area contributed by atoms with E-state index in [4.69, 9.17) is 0 Å². The SMILES string of the molecule is CC.[CH2-]CC(C)(C[CH2-])C(C)C.[U+2]. The topological polar surface area (TPSA) is 0 Å². The summed E-state index contributed by atoms with van der Waals surface area (Å²) in [5.74, 6) is 0.701. The molecule has 0 bridgehead atoms. The van der Waals surface area contributed by atoms with Crippen molar-refractivity contribution in [2.45, 2.75) is 47.5 Å². The first-order chi connectivity index (χ1) is 5.06. The fourth-order valence-corrected chi connectivity index (χ4v) is 0.702. The van der Waals surface area contributed by atoms with E-state index in [-0.39, 0.29) is 31.1 Å². The molecule has 0 atom stereocenters. The van der Waals surface area contributed by atoms with Crippen LogP contribution in [0.2, 0.25) is 0 Å². The average Bonchev–Trinajstić information content (AvgIpc) is 2.06. The van der Waals surface area contributed by atoms with Crippen molar-refractivity contribution in [2.75, 3.05) is 0 Å². The summed E-state index contributed by atoms with van der Waals surface area (Å²) >= 11 is 0. The quantitative estimate of drug-likeness (QED) is 0.632. The Labute approximate surface area is 103 Å². The molecule has 12 heavy (non-hydrogen) atoms. The Kier molecular flexibility index (Phi) is 15.8. The monoisotopic (exact) mass is 394 g/mol. The molecule has 0 radical (unpaired) electrons. The van der Waals surface area contributed by atoms with Gasteiger partial charge in [0.25, 0.3) is 0 Å². The molecule has 0 unspecified atom stereocenters. The summed E-state index contributed by atoms with van der Waals surface area (Å²) in [6.07, 6.45) is 1.99.